The molecule has 5 aromatic carbocycles. The molecule has 0 saturated carbocycles. The molecule has 0 aromatic heterocycles. The largest absolute Gasteiger partial charge is 0.311 e. The molecule has 0 spiro atoms. The topological polar surface area (TPSA) is 6.48 Å². The van der Waals surface area contributed by atoms with Crippen LogP contribution < -0.4 is 26.2 Å². The molecule has 0 fully saturated rings. The van der Waals surface area contributed by atoms with Crippen LogP contribution in [0.3, 0.4) is 0 Å². The van der Waals surface area contributed by atoms with E-state index in [0.717, 1.165) is 12.8 Å². The number of benzene rings is 5. The Hall–Kier alpha value is -4.24. The number of fused-ring (bicyclic) bond motifs is 6. The van der Waals surface area contributed by atoms with Gasteiger partial charge in [-0.25, -0.2) is 0 Å². The van der Waals surface area contributed by atoms with Gasteiger partial charge < -0.3 is 9.80 Å². The van der Waals surface area contributed by atoms with Gasteiger partial charge in [-0.15, -0.1) is 0 Å². The standard InChI is InChI=1S/C46H51BN2/c1-28(2)30-16-22-39-31(24-30)14-15-32-25-33(29(3)4)26-38-44(32)49(39)42-13-11-12-41-43(42)47(38)37-27-35(46(8,9)10)19-23-40(37)48(41)36-20-17-34(18-21-36)45(5,6)7/h11-13,16-29H,14-15H2,1-10H3. The third kappa shape index (κ3) is 5.07. The highest BCUT2D eigenvalue weighted by Crippen LogP contribution is 2.48. The fourth-order valence-corrected chi connectivity index (χ4v) is 8.46. The smallest absolute Gasteiger partial charge is 0.252 e. The maximum Gasteiger partial charge on any atom is 0.252 e. The third-order valence-corrected chi connectivity index (χ3v) is 11.4. The highest BCUT2D eigenvalue weighted by atomic mass is 15.2. The summed E-state index contributed by atoms with van der Waals surface area (Å²) in [4.78, 5) is 5.19. The van der Waals surface area contributed by atoms with Crippen molar-refractivity contribution in [2.45, 2.75) is 105 Å². The average molecular weight is 643 g/mol. The Labute approximate surface area is 295 Å². The lowest BCUT2D eigenvalue weighted by molar-refractivity contribution is 0.590. The lowest BCUT2D eigenvalue weighted by Gasteiger charge is -2.45. The number of nitrogens with zero attached hydrogens (tertiary/aromatic N) is 2. The average Bonchev–Trinajstić information content (AvgIpc) is 3.22. The fourth-order valence-electron chi connectivity index (χ4n) is 8.46. The van der Waals surface area contributed by atoms with E-state index in [0.29, 0.717) is 11.8 Å². The summed E-state index contributed by atoms with van der Waals surface area (Å²) in [5, 5.41) is 0. The van der Waals surface area contributed by atoms with Gasteiger partial charge in [-0.3, -0.25) is 0 Å². The SMILES string of the molecule is CC(C)c1ccc2c(c1)CCc1cc(C(C)C)cc3c1N2c1cccc2c1B3c1cc(C(C)(C)C)ccc1N2c1ccc(C(C)(C)C)cc1. The molecule has 248 valence electrons. The highest BCUT2D eigenvalue weighted by molar-refractivity contribution is 7.00. The van der Waals surface area contributed by atoms with E-state index in [-0.39, 0.29) is 17.5 Å². The van der Waals surface area contributed by atoms with Gasteiger partial charge in [0.2, 0.25) is 0 Å². The van der Waals surface area contributed by atoms with Gasteiger partial charge in [0.05, 0.1) is 0 Å². The van der Waals surface area contributed by atoms with Crippen LogP contribution in [0.2, 0.25) is 0 Å². The van der Waals surface area contributed by atoms with Crippen LogP contribution in [0.15, 0.2) is 91.0 Å². The second-order valence-corrected chi connectivity index (χ2v) is 17.4. The molecule has 0 unspecified atom stereocenters. The van der Waals surface area contributed by atoms with Crippen molar-refractivity contribution in [3.8, 4) is 0 Å². The number of aryl methyl sites for hydroxylation is 2. The molecule has 49 heavy (non-hydrogen) atoms. The Bertz CT molecular complexity index is 2110. The molecule has 3 aliphatic rings. The molecule has 3 heterocycles. The zero-order valence-corrected chi connectivity index (χ0v) is 31.2. The van der Waals surface area contributed by atoms with Crippen molar-refractivity contribution in [3.05, 3.63) is 124 Å². The first-order valence-electron chi connectivity index (χ1n) is 18.5. The van der Waals surface area contributed by atoms with Gasteiger partial charge in [-0.1, -0.05) is 124 Å². The Balaban J connectivity index is 1.46. The molecule has 0 bridgehead atoms. The second kappa shape index (κ2) is 11.1. The van der Waals surface area contributed by atoms with Gasteiger partial charge >= 0.3 is 0 Å². The molecule has 0 radical (unpaired) electrons. The molecule has 5 aromatic rings. The maximum absolute atomic E-state index is 2.65. The minimum Gasteiger partial charge on any atom is -0.311 e. The Morgan fingerprint density at radius 1 is 0.531 bits per heavy atom. The van der Waals surface area contributed by atoms with Crippen molar-refractivity contribution in [1.29, 1.82) is 0 Å². The Morgan fingerprint density at radius 2 is 1.12 bits per heavy atom. The Morgan fingerprint density at radius 3 is 1.78 bits per heavy atom. The lowest BCUT2D eigenvalue weighted by Crippen LogP contribution is -2.61. The molecule has 0 N–H and O–H groups in total. The summed E-state index contributed by atoms with van der Waals surface area (Å²) in [6.07, 6.45) is 2.11. The maximum atomic E-state index is 2.65. The van der Waals surface area contributed by atoms with E-state index >= 15 is 0 Å². The number of anilines is 6. The van der Waals surface area contributed by atoms with E-state index in [9.17, 15) is 0 Å². The molecule has 0 aliphatic carbocycles. The van der Waals surface area contributed by atoms with Crippen LogP contribution in [-0.2, 0) is 23.7 Å². The zero-order valence-electron chi connectivity index (χ0n) is 31.2. The molecule has 2 nitrogen and oxygen atoms in total. The molecular formula is C46H51BN2. The van der Waals surface area contributed by atoms with E-state index in [4.69, 9.17) is 0 Å². The summed E-state index contributed by atoms with van der Waals surface area (Å²) in [5.74, 6) is 0.951. The summed E-state index contributed by atoms with van der Waals surface area (Å²) < 4.78 is 0. The number of hydrogen-bond acceptors (Lipinski definition) is 2. The van der Waals surface area contributed by atoms with E-state index in [1.807, 2.05) is 0 Å². The van der Waals surface area contributed by atoms with Crippen molar-refractivity contribution in [3.63, 3.8) is 0 Å². The fraction of sp³-hybridized carbons (Fsp3) is 0.348. The van der Waals surface area contributed by atoms with Crippen molar-refractivity contribution in [2.24, 2.45) is 0 Å². The van der Waals surface area contributed by atoms with Crippen LogP contribution in [0.4, 0.5) is 34.1 Å². The molecule has 3 heteroatoms. The minimum absolute atomic E-state index is 0.0401. The van der Waals surface area contributed by atoms with Crippen molar-refractivity contribution in [1.82, 2.24) is 0 Å². The van der Waals surface area contributed by atoms with Crippen molar-refractivity contribution in [2.75, 3.05) is 9.80 Å². The van der Waals surface area contributed by atoms with Crippen LogP contribution in [0.1, 0.15) is 114 Å². The third-order valence-electron chi connectivity index (χ3n) is 11.4. The number of hydrogen-bond donors (Lipinski definition) is 0. The van der Waals surface area contributed by atoms with Crippen molar-refractivity contribution >= 4 is 57.2 Å². The molecule has 3 aliphatic heterocycles. The molecular weight excluding hydrogens is 591 g/mol. The first kappa shape index (κ1) is 32.0. The number of rotatable bonds is 3. The summed E-state index contributed by atoms with van der Waals surface area (Å²) in [7, 11) is 0. The van der Waals surface area contributed by atoms with E-state index in [1.54, 1.807) is 0 Å². The van der Waals surface area contributed by atoms with Gasteiger partial charge in [0.15, 0.2) is 0 Å². The van der Waals surface area contributed by atoms with E-state index in [1.165, 1.54) is 83.9 Å². The Kier molecular flexibility index (Phi) is 7.27. The molecule has 8 rings (SSSR count). The summed E-state index contributed by atoms with van der Waals surface area (Å²) in [6, 6.07) is 36.0. The first-order chi connectivity index (χ1) is 23.2. The van der Waals surface area contributed by atoms with E-state index in [2.05, 4.69) is 170 Å². The van der Waals surface area contributed by atoms with Gasteiger partial charge in [-0.05, 0) is 122 Å². The highest BCUT2D eigenvalue weighted by Gasteiger charge is 2.45. The predicted molar refractivity (Wildman–Crippen MR) is 213 cm³/mol. The molecule has 0 atom stereocenters. The molecule has 0 saturated heterocycles. The van der Waals surface area contributed by atoms with E-state index < -0.39 is 0 Å². The summed E-state index contributed by atoms with van der Waals surface area (Å²) in [5.41, 5.74) is 20.8. The summed E-state index contributed by atoms with van der Waals surface area (Å²) >= 11 is 0. The zero-order chi connectivity index (χ0) is 34.6. The normalized spacial score (nSPS) is 14.8. The quantitative estimate of drug-likeness (QED) is 0.177. The predicted octanol–water partition coefficient (Wildman–Crippen LogP) is 10.7. The van der Waals surface area contributed by atoms with Crippen LogP contribution in [-0.4, -0.2) is 6.71 Å². The second-order valence-electron chi connectivity index (χ2n) is 17.4. The van der Waals surface area contributed by atoms with Crippen molar-refractivity contribution < 1.29 is 0 Å². The van der Waals surface area contributed by atoms with Crippen LogP contribution in [0.5, 0.6) is 0 Å². The first-order valence-corrected chi connectivity index (χ1v) is 18.5. The van der Waals surface area contributed by atoms with Gasteiger partial charge in [0, 0.05) is 34.1 Å². The lowest BCUT2D eigenvalue weighted by atomic mass is 9.33. The van der Waals surface area contributed by atoms with Crippen LogP contribution >= 0.6 is 0 Å². The van der Waals surface area contributed by atoms with Gasteiger partial charge in [-0.2, -0.15) is 0 Å². The molecule has 0 amide bonds. The van der Waals surface area contributed by atoms with Gasteiger partial charge in [0.1, 0.15) is 0 Å². The minimum atomic E-state index is 0.0401. The monoisotopic (exact) mass is 642 g/mol. The van der Waals surface area contributed by atoms with Crippen LogP contribution in [0.25, 0.3) is 0 Å². The van der Waals surface area contributed by atoms with Crippen LogP contribution in [0, 0.1) is 0 Å². The summed E-state index contributed by atoms with van der Waals surface area (Å²) in [6.45, 7) is 23.4. The van der Waals surface area contributed by atoms with Gasteiger partial charge in [0.25, 0.3) is 6.71 Å².